The third-order valence-corrected chi connectivity index (χ3v) is 8.55. The van der Waals surface area contributed by atoms with Crippen LogP contribution in [0.4, 0.5) is 0 Å². The minimum Gasteiger partial charge on any atom is -0.480 e. The number of carboxylic acid groups (broad SMARTS) is 1. The first-order valence-corrected chi connectivity index (χ1v) is 20.2. The molecule has 1 amide bonds. The molecule has 0 spiro atoms. The summed E-state index contributed by atoms with van der Waals surface area (Å²) in [6.07, 6.45) is 34.3. The number of carbonyl (C=O) groups is 3. The molecule has 0 heterocycles. The molecule has 0 saturated heterocycles. The normalized spacial score (nSPS) is 14.5. The van der Waals surface area contributed by atoms with Gasteiger partial charge in [0.05, 0.1) is 13.2 Å². The van der Waals surface area contributed by atoms with Crippen molar-refractivity contribution in [1.29, 1.82) is 0 Å². The van der Waals surface area contributed by atoms with Gasteiger partial charge in [0, 0.05) is 12.8 Å². The van der Waals surface area contributed by atoms with Crippen molar-refractivity contribution in [2.24, 2.45) is 0 Å². The van der Waals surface area contributed by atoms with Crippen LogP contribution in [0, 0.1) is 0 Å². The van der Waals surface area contributed by atoms with Gasteiger partial charge in [0.15, 0.2) is 6.04 Å². The van der Waals surface area contributed by atoms with E-state index in [0.717, 1.165) is 89.9 Å². The number of nitrogens with one attached hydrogen (secondary N) is 1. The van der Waals surface area contributed by atoms with Gasteiger partial charge in [0.1, 0.15) is 12.7 Å². The Balaban J connectivity index is 4.03. The number of allylic oxidation sites excluding steroid dienone is 8. The highest BCUT2D eigenvalue weighted by atomic mass is 31.2. The topological polar surface area (TPSA) is 169 Å². The maximum Gasteiger partial charge on any atom is 0.472 e. The molecule has 0 aromatic rings. The fraction of sp³-hybridized carbons (Fsp3) is 0.711. The lowest BCUT2D eigenvalue weighted by Gasteiger charge is -2.18. The van der Waals surface area contributed by atoms with E-state index in [0.29, 0.717) is 12.8 Å². The molecule has 0 aliphatic heterocycles. The molecule has 0 bridgehead atoms. The molecule has 0 radical (unpaired) electrons. The van der Waals surface area contributed by atoms with Crippen LogP contribution in [-0.2, 0) is 32.7 Å². The Hall–Kier alpha value is -2.56. The molecular formula is C38H66NO10P. The van der Waals surface area contributed by atoms with E-state index in [-0.39, 0.29) is 12.8 Å². The number of rotatable bonds is 34. The Morgan fingerprint density at radius 2 is 1.16 bits per heavy atom. The Labute approximate surface area is 301 Å². The van der Waals surface area contributed by atoms with Crippen LogP contribution in [-0.4, -0.2) is 64.9 Å². The number of unbranched alkanes of at least 4 members (excludes halogenated alkanes) is 12. The van der Waals surface area contributed by atoms with Crippen LogP contribution in [0.2, 0.25) is 0 Å². The first-order chi connectivity index (χ1) is 24.1. The summed E-state index contributed by atoms with van der Waals surface area (Å²) < 4.78 is 26.7. The van der Waals surface area contributed by atoms with Crippen LogP contribution in [0.15, 0.2) is 48.6 Å². The molecule has 3 unspecified atom stereocenters. The fourth-order valence-electron chi connectivity index (χ4n) is 4.66. The number of amides is 1. The van der Waals surface area contributed by atoms with E-state index in [9.17, 15) is 34.1 Å². The van der Waals surface area contributed by atoms with Gasteiger partial charge in [0.2, 0.25) is 5.91 Å². The number of aliphatic hydroxyl groups excluding tert-OH is 1. The molecule has 0 aliphatic carbocycles. The number of esters is 1. The van der Waals surface area contributed by atoms with Gasteiger partial charge in [0.25, 0.3) is 0 Å². The summed E-state index contributed by atoms with van der Waals surface area (Å²) in [7, 11) is -4.76. The zero-order valence-electron chi connectivity index (χ0n) is 30.7. The lowest BCUT2D eigenvalue weighted by molar-refractivity contribution is -0.147. The molecule has 0 saturated carbocycles. The minimum absolute atomic E-state index is 0.124. The summed E-state index contributed by atoms with van der Waals surface area (Å²) in [4.78, 5) is 45.6. The van der Waals surface area contributed by atoms with Crippen molar-refractivity contribution in [1.82, 2.24) is 5.32 Å². The summed E-state index contributed by atoms with van der Waals surface area (Å²) in [6.45, 7) is 2.38. The summed E-state index contributed by atoms with van der Waals surface area (Å²) in [6, 6.07) is -1.56. The van der Waals surface area contributed by atoms with Crippen LogP contribution in [0.3, 0.4) is 0 Å². The Bertz CT molecular complexity index is 1040. The van der Waals surface area contributed by atoms with Crippen molar-refractivity contribution >= 4 is 25.7 Å². The van der Waals surface area contributed by atoms with E-state index in [4.69, 9.17) is 13.8 Å². The Kier molecular flexibility index (Phi) is 31.9. The summed E-state index contributed by atoms with van der Waals surface area (Å²) in [5.74, 6) is -2.42. The van der Waals surface area contributed by atoms with Crippen LogP contribution in [0.5, 0.6) is 0 Å². The second-order valence-corrected chi connectivity index (χ2v) is 13.8. The number of phosphoric acid groups is 1. The summed E-state index contributed by atoms with van der Waals surface area (Å²) >= 11 is 0. The number of hydrogen-bond donors (Lipinski definition) is 4. The number of phosphoric ester groups is 1. The average Bonchev–Trinajstić information content (AvgIpc) is 3.08. The van der Waals surface area contributed by atoms with E-state index < -0.39 is 57.6 Å². The van der Waals surface area contributed by atoms with Crippen molar-refractivity contribution in [2.45, 2.75) is 154 Å². The van der Waals surface area contributed by atoms with E-state index in [1.54, 1.807) is 0 Å². The first kappa shape index (κ1) is 47.4. The first-order valence-electron chi connectivity index (χ1n) is 18.7. The lowest BCUT2D eigenvalue weighted by atomic mass is 10.1. The third kappa shape index (κ3) is 32.6. The molecule has 288 valence electrons. The van der Waals surface area contributed by atoms with E-state index in [1.165, 1.54) is 12.8 Å². The monoisotopic (exact) mass is 727 g/mol. The van der Waals surface area contributed by atoms with Crippen molar-refractivity contribution in [3.8, 4) is 0 Å². The number of carbonyl (C=O) groups excluding carboxylic acids is 2. The van der Waals surface area contributed by atoms with Gasteiger partial charge >= 0.3 is 19.8 Å². The predicted octanol–water partition coefficient (Wildman–Crippen LogP) is 8.66. The number of aliphatic hydroxyl groups is 1. The number of hydrogen-bond acceptors (Lipinski definition) is 8. The number of carboxylic acids is 1. The lowest BCUT2D eigenvalue weighted by Crippen LogP contribution is -2.43. The Morgan fingerprint density at radius 1 is 0.660 bits per heavy atom. The average molecular weight is 728 g/mol. The molecule has 4 N–H and O–H groups in total. The standard InChI is InChI=1S/C38H66NO10P/c1-3-5-7-9-11-13-15-16-17-18-20-21-23-25-27-29-36(41)39-35(38(43)44)33-49-50(45,46)48-32-34(40)31-47-37(42)30-28-26-24-22-19-14-12-10-8-6-4-2/h5,7,10-13,16-17,34-35,40H,3-4,6,8-9,14-15,18-33H2,1-2H3,(H,39,41)(H,43,44)(H,45,46)/b7-5-,12-10-,13-11-,17-16-. The van der Waals surface area contributed by atoms with Gasteiger partial charge in [-0.3, -0.25) is 18.6 Å². The van der Waals surface area contributed by atoms with Crippen LogP contribution < -0.4 is 5.32 Å². The van der Waals surface area contributed by atoms with Crippen LogP contribution in [0.1, 0.15) is 142 Å². The van der Waals surface area contributed by atoms with Gasteiger partial charge in [-0.2, -0.15) is 0 Å². The molecule has 12 heteroatoms. The van der Waals surface area contributed by atoms with E-state index in [1.807, 2.05) is 0 Å². The maximum absolute atomic E-state index is 12.2. The summed E-state index contributed by atoms with van der Waals surface area (Å²) in [5.41, 5.74) is 0. The number of aliphatic carboxylic acids is 1. The smallest absolute Gasteiger partial charge is 0.472 e. The predicted molar refractivity (Wildman–Crippen MR) is 199 cm³/mol. The minimum atomic E-state index is -4.76. The molecule has 0 rings (SSSR count). The van der Waals surface area contributed by atoms with Gasteiger partial charge in [-0.05, 0) is 64.2 Å². The largest absolute Gasteiger partial charge is 0.480 e. The molecule has 0 aliphatic rings. The zero-order chi connectivity index (χ0) is 37.1. The highest BCUT2D eigenvalue weighted by molar-refractivity contribution is 7.47. The Morgan fingerprint density at radius 3 is 1.76 bits per heavy atom. The van der Waals surface area contributed by atoms with Crippen molar-refractivity contribution in [3.05, 3.63) is 48.6 Å². The fourth-order valence-corrected chi connectivity index (χ4v) is 5.43. The van der Waals surface area contributed by atoms with E-state index in [2.05, 4.69) is 67.8 Å². The summed E-state index contributed by atoms with van der Waals surface area (Å²) in [5, 5.41) is 21.7. The second kappa shape index (κ2) is 33.6. The van der Waals surface area contributed by atoms with Gasteiger partial charge in [-0.15, -0.1) is 0 Å². The van der Waals surface area contributed by atoms with Crippen molar-refractivity contribution in [2.75, 3.05) is 19.8 Å². The van der Waals surface area contributed by atoms with Gasteiger partial charge < -0.3 is 25.2 Å². The van der Waals surface area contributed by atoms with Gasteiger partial charge in [-0.1, -0.05) is 114 Å². The third-order valence-electron chi connectivity index (χ3n) is 7.60. The molecule has 0 fully saturated rings. The van der Waals surface area contributed by atoms with Crippen molar-refractivity contribution in [3.63, 3.8) is 0 Å². The van der Waals surface area contributed by atoms with Crippen LogP contribution >= 0.6 is 7.82 Å². The molecule has 0 aromatic heterocycles. The second-order valence-electron chi connectivity index (χ2n) is 12.4. The van der Waals surface area contributed by atoms with Crippen molar-refractivity contribution < 1.29 is 47.8 Å². The van der Waals surface area contributed by atoms with Crippen LogP contribution in [0.25, 0.3) is 0 Å². The zero-order valence-corrected chi connectivity index (χ0v) is 31.6. The highest BCUT2D eigenvalue weighted by Gasteiger charge is 2.28. The molecule has 50 heavy (non-hydrogen) atoms. The SMILES string of the molecule is CC/C=C\C/C=C\C/C=C\CCCCCCCC(=O)NC(COP(=O)(O)OCC(O)COC(=O)CCCCCCC/C=C\CCCC)C(=O)O. The molecule has 11 nitrogen and oxygen atoms in total. The van der Waals surface area contributed by atoms with E-state index >= 15 is 0 Å². The molecule has 3 atom stereocenters. The van der Waals surface area contributed by atoms with Gasteiger partial charge in [-0.25, -0.2) is 9.36 Å². The highest BCUT2D eigenvalue weighted by Crippen LogP contribution is 2.43. The maximum atomic E-state index is 12.2. The molecular weight excluding hydrogens is 661 g/mol. The quantitative estimate of drug-likeness (QED) is 0.0218. The number of ether oxygens (including phenoxy) is 1. The molecule has 0 aromatic carbocycles.